The fourth-order valence-corrected chi connectivity index (χ4v) is 13.0. The molecule has 0 saturated carbocycles. The maximum absolute atomic E-state index is 13.5. The summed E-state index contributed by atoms with van der Waals surface area (Å²) in [4.78, 5) is 13.5. The third kappa shape index (κ3) is 43.4. The molecule has 0 bridgehead atoms. The molecule has 3 rings (SSSR count). The van der Waals surface area contributed by atoms with Gasteiger partial charge in [-0.15, -0.1) is 0 Å². The summed E-state index contributed by atoms with van der Waals surface area (Å²) in [5.74, 6) is -0.279. The Hall–Kier alpha value is -3.81. The fourth-order valence-electron chi connectivity index (χ4n) is 13.0. The van der Waals surface area contributed by atoms with E-state index < -0.39 is 124 Å². The Bertz CT molecular complexity index is 2350. The zero-order valence-corrected chi connectivity index (χ0v) is 64.0. The molecule has 1 amide bonds. The van der Waals surface area contributed by atoms with Crippen LogP contribution in [0.15, 0.2) is 122 Å². The minimum absolute atomic E-state index is 0.236. The lowest BCUT2D eigenvalue weighted by Crippen LogP contribution is -2.66. The summed E-state index contributed by atoms with van der Waals surface area (Å²) in [6.07, 6.45) is 63.2. The molecule has 598 valence electrons. The number of unbranched alkanes of at least 4 members (excludes halogenated alkanes) is 29. The van der Waals surface area contributed by atoms with Crippen molar-refractivity contribution in [2.45, 2.75) is 381 Å². The van der Waals surface area contributed by atoms with Gasteiger partial charge in [0.15, 0.2) is 18.9 Å². The molecule has 17 unspecified atom stereocenters. The summed E-state index contributed by atoms with van der Waals surface area (Å²) >= 11 is 0. The van der Waals surface area contributed by atoms with Crippen LogP contribution >= 0.6 is 0 Å². The number of nitrogens with one attached hydrogen (secondary N) is 1. The van der Waals surface area contributed by atoms with Crippen molar-refractivity contribution in [3.05, 3.63) is 122 Å². The van der Waals surface area contributed by atoms with E-state index in [0.717, 1.165) is 116 Å². The van der Waals surface area contributed by atoms with E-state index in [-0.39, 0.29) is 18.9 Å². The first-order chi connectivity index (χ1) is 50.8. The van der Waals surface area contributed by atoms with Crippen LogP contribution in [-0.2, 0) is 33.2 Å². The molecule has 0 aromatic rings. The van der Waals surface area contributed by atoms with Crippen molar-refractivity contribution < 1.29 is 89.4 Å². The van der Waals surface area contributed by atoms with Gasteiger partial charge in [-0.3, -0.25) is 4.79 Å². The summed E-state index contributed by atoms with van der Waals surface area (Å²) in [7, 11) is 0. The van der Waals surface area contributed by atoms with E-state index in [9.17, 15) is 61.0 Å². The van der Waals surface area contributed by atoms with Crippen molar-refractivity contribution in [1.29, 1.82) is 0 Å². The number of ether oxygens (including phenoxy) is 6. The minimum Gasteiger partial charge on any atom is -0.394 e. The van der Waals surface area contributed by atoms with E-state index in [1.807, 2.05) is 6.08 Å². The van der Waals surface area contributed by atoms with Gasteiger partial charge in [0.05, 0.1) is 38.6 Å². The van der Waals surface area contributed by atoms with Gasteiger partial charge in [-0.05, 0) is 89.9 Å². The molecule has 0 radical (unpaired) electrons. The SMILES string of the molecule is CC/C=C\C/C=C\C/C=C\C/C=C\C/C=C\C/C=C\C/C=C\C/C=C\C/C=C\CCCCCCCCCCCCCCCC(=O)NC(COC1OC(CO)C(OC2OC(CO)C(OC3OC(CO)C(O)C(O)C3O)C(O)C2O)C(O)C1O)C(O)/C=C/CCCCCCCCCCCCCCCCCC. The second-order valence-corrected chi connectivity index (χ2v) is 28.5. The summed E-state index contributed by atoms with van der Waals surface area (Å²) in [6.45, 7) is 1.63. The third-order valence-electron chi connectivity index (χ3n) is 19.5. The van der Waals surface area contributed by atoms with E-state index in [0.29, 0.717) is 6.42 Å². The average Bonchev–Trinajstić information content (AvgIpc) is 0.783. The minimum atomic E-state index is -1.98. The normalized spacial score (nSPS) is 26.6. The Morgan fingerprint density at radius 3 is 1.04 bits per heavy atom. The van der Waals surface area contributed by atoms with Crippen molar-refractivity contribution in [1.82, 2.24) is 5.32 Å². The molecule has 3 heterocycles. The second-order valence-electron chi connectivity index (χ2n) is 28.5. The van der Waals surface area contributed by atoms with E-state index in [1.165, 1.54) is 135 Å². The predicted molar refractivity (Wildman–Crippen MR) is 415 cm³/mol. The molecule has 0 aliphatic carbocycles. The maximum atomic E-state index is 13.5. The van der Waals surface area contributed by atoms with Gasteiger partial charge in [0.2, 0.25) is 5.91 Å². The molecule has 3 saturated heterocycles. The highest BCUT2D eigenvalue weighted by molar-refractivity contribution is 5.76. The van der Waals surface area contributed by atoms with Crippen LogP contribution in [0.25, 0.3) is 0 Å². The first-order valence-corrected chi connectivity index (χ1v) is 40.8. The number of aliphatic hydroxyl groups excluding tert-OH is 11. The first-order valence-electron chi connectivity index (χ1n) is 40.8. The number of amides is 1. The molecule has 19 nitrogen and oxygen atoms in total. The lowest BCUT2D eigenvalue weighted by molar-refractivity contribution is -0.379. The van der Waals surface area contributed by atoms with Crippen molar-refractivity contribution in [2.24, 2.45) is 0 Å². The first kappa shape index (κ1) is 94.4. The monoisotopic (exact) mass is 1470 g/mol. The zero-order chi connectivity index (χ0) is 75.3. The quantitative estimate of drug-likeness (QED) is 0.0199. The average molecular weight is 1470 g/mol. The van der Waals surface area contributed by atoms with Crippen LogP contribution in [0.2, 0.25) is 0 Å². The van der Waals surface area contributed by atoms with Crippen molar-refractivity contribution in [3.63, 3.8) is 0 Å². The molecule has 104 heavy (non-hydrogen) atoms. The zero-order valence-electron chi connectivity index (χ0n) is 64.0. The number of allylic oxidation sites excluding steroid dienone is 19. The van der Waals surface area contributed by atoms with Crippen molar-refractivity contribution in [2.75, 3.05) is 26.4 Å². The molecule has 3 aliphatic heterocycles. The standard InChI is InChI=1S/C85H145NO18/c1-3-5-7-9-11-13-15-17-19-21-23-24-25-26-27-28-29-30-31-32-33-34-35-36-37-38-39-40-41-42-43-44-45-47-49-51-53-55-57-59-61-63-73(91)86-68(69(90)62-60-58-56-54-52-50-48-46-22-20-18-16-14-12-10-8-6-4-2)67-99-83-79(97)76(94)81(71(65-88)101-83)104-85-80(98)77(95)82(72(66-89)102-85)103-84-78(96)75(93)74(92)70(64-87)100-84/h5,7,11,13,17,19,23-24,26-27,29-30,32-33,35-36,38-39,60,62,68-72,74-85,87-90,92-98H,3-4,6,8-10,12,14-16,18,20-22,25,28,31,34,37,40-59,61,63-67H2,1-2H3,(H,86,91)/b7-5-,13-11-,19-17-,24-23-,27-26-,30-29-,33-32-,36-35-,39-38-,62-60+. The van der Waals surface area contributed by atoms with Crippen molar-refractivity contribution >= 4 is 5.91 Å². The molecule has 19 heteroatoms. The molecule has 12 N–H and O–H groups in total. The molecular weight excluding hydrogens is 1320 g/mol. The number of rotatable bonds is 63. The van der Waals surface area contributed by atoms with E-state index in [4.69, 9.17) is 28.4 Å². The third-order valence-corrected chi connectivity index (χ3v) is 19.5. The Labute approximate surface area is 627 Å². The molecule has 0 spiro atoms. The number of carbonyl (C=O) groups is 1. The summed E-state index contributed by atoms with van der Waals surface area (Å²) in [5, 5.41) is 121. The van der Waals surface area contributed by atoms with Gasteiger partial charge in [0.1, 0.15) is 73.2 Å². The van der Waals surface area contributed by atoms with Gasteiger partial charge in [-0.25, -0.2) is 0 Å². The van der Waals surface area contributed by atoms with Gasteiger partial charge in [0.25, 0.3) is 0 Å². The lowest BCUT2D eigenvalue weighted by atomic mass is 9.96. The largest absolute Gasteiger partial charge is 0.394 e. The van der Waals surface area contributed by atoms with Gasteiger partial charge in [-0.1, -0.05) is 302 Å². The lowest BCUT2D eigenvalue weighted by Gasteiger charge is -2.48. The Balaban J connectivity index is 1.32. The van der Waals surface area contributed by atoms with Crippen LogP contribution < -0.4 is 5.32 Å². The van der Waals surface area contributed by atoms with Gasteiger partial charge in [-0.2, -0.15) is 0 Å². The van der Waals surface area contributed by atoms with Crippen LogP contribution in [0.5, 0.6) is 0 Å². The maximum Gasteiger partial charge on any atom is 0.220 e. The van der Waals surface area contributed by atoms with E-state index in [1.54, 1.807) is 6.08 Å². The molecule has 17 atom stereocenters. The summed E-state index contributed by atoms with van der Waals surface area (Å²) in [6, 6.07) is -0.981. The Morgan fingerprint density at radius 2 is 0.663 bits per heavy atom. The van der Waals surface area contributed by atoms with Gasteiger partial charge in [0, 0.05) is 6.42 Å². The van der Waals surface area contributed by atoms with Crippen LogP contribution in [-0.4, -0.2) is 193 Å². The van der Waals surface area contributed by atoms with Crippen LogP contribution in [0.4, 0.5) is 0 Å². The van der Waals surface area contributed by atoms with Crippen LogP contribution in [0.3, 0.4) is 0 Å². The molecule has 3 aliphatic rings. The second kappa shape index (κ2) is 64.1. The summed E-state index contributed by atoms with van der Waals surface area (Å²) < 4.78 is 34.4. The number of hydrogen-bond acceptors (Lipinski definition) is 18. The number of carbonyl (C=O) groups excluding carboxylic acids is 1. The summed E-state index contributed by atoms with van der Waals surface area (Å²) in [5.41, 5.74) is 0. The molecule has 0 aromatic heterocycles. The Morgan fingerprint density at radius 1 is 0.356 bits per heavy atom. The topological polar surface area (TPSA) is 307 Å². The molecule has 0 aromatic carbocycles. The van der Waals surface area contributed by atoms with Gasteiger partial charge < -0.3 is 89.9 Å². The van der Waals surface area contributed by atoms with Crippen LogP contribution in [0, 0.1) is 0 Å². The van der Waals surface area contributed by atoms with Gasteiger partial charge >= 0.3 is 0 Å². The number of hydrogen-bond donors (Lipinski definition) is 12. The fraction of sp³-hybridized carbons (Fsp3) is 0.753. The van der Waals surface area contributed by atoms with E-state index >= 15 is 0 Å². The molecule has 3 fully saturated rings. The number of aliphatic hydroxyl groups is 11. The predicted octanol–water partition coefficient (Wildman–Crippen LogP) is 13.9. The van der Waals surface area contributed by atoms with E-state index in [2.05, 4.69) is 129 Å². The van der Waals surface area contributed by atoms with Crippen LogP contribution in [0.1, 0.15) is 277 Å². The molecular formula is C85H145NO18. The smallest absolute Gasteiger partial charge is 0.220 e. The highest BCUT2D eigenvalue weighted by Gasteiger charge is 2.54. The highest BCUT2D eigenvalue weighted by Crippen LogP contribution is 2.33. The van der Waals surface area contributed by atoms with Crippen molar-refractivity contribution in [3.8, 4) is 0 Å². The Kier molecular flexibility index (Phi) is 58.1. The highest BCUT2D eigenvalue weighted by atomic mass is 16.8.